The van der Waals surface area contributed by atoms with Gasteiger partial charge in [0.2, 0.25) is 17.6 Å². The lowest BCUT2D eigenvalue weighted by atomic mass is 9.81. The highest BCUT2D eigenvalue weighted by molar-refractivity contribution is 9.12. The van der Waals surface area contributed by atoms with E-state index in [0.717, 1.165) is 11.1 Å². The molecule has 2 aromatic carbocycles. The molecule has 1 saturated heterocycles. The van der Waals surface area contributed by atoms with Crippen LogP contribution in [-0.4, -0.2) is 39.8 Å². The highest BCUT2D eigenvalue weighted by Gasteiger charge is 2.52. The minimum Gasteiger partial charge on any atom is -0.454 e. The molecule has 8 heteroatoms. The second-order valence-corrected chi connectivity index (χ2v) is 10.9. The number of carbonyl (C=O) groups excluding carboxylic acids is 4. The zero-order valence-electron chi connectivity index (χ0n) is 18.2. The Morgan fingerprint density at radius 3 is 2.09 bits per heavy atom. The van der Waals surface area contributed by atoms with Gasteiger partial charge >= 0.3 is 5.97 Å². The predicted molar refractivity (Wildman–Crippen MR) is 131 cm³/mol. The van der Waals surface area contributed by atoms with Crippen molar-refractivity contribution in [1.82, 2.24) is 0 Å². The number of halogens is 2. The van der Waals surface area contributed by atoms with E-state index >= 15 is 0 Å². The third-order valence-electron chi connectivity index (χ3n) is 6.30. The lowest BCUT2D eigenvalue weighted by molar-refractivity contribution is -0.122. The van der Waals surface area contributed by atoms with Crippen molar-refractivity contribution in [3.63, 3.8) is 0 Å². The molecule has 2 aromatic rings. The zero-order chi connectivity index (χ0) is 23.9. The van der Waals surface area contributed by atoms with E-state index in [-0.39, 0.29) is 51.3 Å². The number of amides is 2. The van der Waals surface area contributed by atoms with E-state index in [9.17, 15) is 19.2 Å². The molecule has 4 rings (SSSR count). The van der Waals surface area contributed by atoms with E-state index in [4.69, 9.17) is 4.74 Å². The minimum atomic E-state index is -0.641. The van der Waals surface area contributed by atoms with Crippen LogP contribution in [0.3, 0.4) is 0 Å². The van der Waals surface area contributed by atoms with Crippen molar-refractivity contribution in [3.8, 4) is 0 Å². The van der Waals surface area contributed by atoms with E-state index in [1.165, 1.54) is 17.0 Å². The van der Waals surface area contributed by atoms with Gasteiger partial charge in [0.25, 0.3) is 0 Å². The number of esters is 1. The van der Waals surface area contributed by atoms with Gasteiger partial charge in [0.1, 0.15) is 0 Å². The van der Waals surface area contributed by atoms with Crippen molar-refractivity contribution in [1.29, 1.82) is 0 Å². The first-order chi connectivity index (χ1) is 15.7. The van der Waals surface area contributed by atoms with Crippen molar-refractivity contribution >= 4 is 61.1 Å². The SMILES string of the molecule is Cc1ccc(C)c(C(=O)COC(=O)c2ccc(N3C(=O)[C@@H]4C[C@H](Br)[C@@H](Br)C[C@H]4C3=O)cc2)c1. The Kier molecular flexibility index (Phi) is 6.86. The molecule has 6 nitrogen and oxygen atoms in total. The molecule has 4 atom stereocenters. The summed E-state index contributed by atoms with van der Waals surface area (Å²) < 4.78 is 5.20. The van der Waals surface area contributed by atoms with Gasteiger partial charge in [-0.3, -0.25) is 19.3 Å². The number of nitrogens with zero attached hydrogens (tertiary/aromatic N) is 1. The maximum absolute atomic E-state index is 12.9. The fourth-order valence-corrected chi connectivity index (χ4v) is 5.66. The highest BCUT2D eigenvalue weighted by Crippen LogP contribution is 2.44. The summed E-state index contributed by atoms with van der Waals surface area (Å²) in [6.45, 7) is 3.37. The number of hydrogen-bond donors (Lipinski definition) is 0. The number of fused-ring (bicyclic) bond motifs is 1. The third-order valence-corrected chi connectivity index (χ3v) is 9.03. The predicted octanol–water partition coefficient (Wildman–Crippen LogP) is 4.77. The number of benzene rings is 2. The quantitative estimate of drug-likeness (QED) is 0.222. The smallest absolute Gasteiger partial charge is 0.338 e. The van der Waals surface area contributed by atoms with Crippen LogP contribution in [0.15, 0.2) is 42.5 Å². The third kappa shape index (κ3) is 4.68. The molecule has 2 aliphatic rings. The number of hydrogen-bond acceptors (Lipinski definition) is 5. The Morgan fingerprint density at radius 2 is 1.52 bits per heavy atom. The first kappa shape index (κ1) is 23.8. The summed E-state index contributed by atoms with van der Waals surface area (Å²) in [7, 11) is 0. The van der Waals surface area contributed by atoms with Crippen molar-refractivity contribution in [2.75, 3.05) is 11.5 Å². The molecule has 1 aliphatic carbocycles. The second kappa shape index (κ2) is 9.50. The van der Waals surface area contributed by atoms with Crippen molar-refractivity contribution in [2.24, 2.45) is 11.8 Å². The van der Waals surface area contributed by atoms with Crippen LogP contribution in [-0.2, 0) is 14.3 Å². The lowest BCUT2D eigenvalue weighted by Crippen LogP contribution is -2.34. The maximum Gasteiger partial charge on any atom is 0.338 e. The normalized spacial score (nSPS) is 24.5. The molecule has 1 saturated carbocycles. The summed E-state index contributed by atoms with van der Waals surface area (Å²) in [5, 5.41) is 0. The molecular weight excluding hydrogens is 554 g/mol. The van der Waals surface area contributed by atoms with Crippen LogP contribution < -0.4 is 4.90 Å². The monoisotopic (exact) mass is 575 g/mol. The molecule has 1 aliphatic heterocycles. The standard InChI is InChI=1S/C25H23Br2NO5/c1-13-3-4-14(2)17(9-13)22(29)12-33-25(32)15-5-7-16(8-6-15)28-23(30)18-10-20(26)21(27)11-19(18)24(28)31/h3-9,18-21H,10-12H2,1-2H3/t18-,19-,20+,21+/m1/s1. The average Bonchev–Trinajstić information content (AvgIpc) is 3.03. The first-order valence-corrected chi connectivity index (χ1v) is 12.5. The Morgan fingerprint density at radius 1 is 0.939 bits per heavy atom. The number of carbonyl (C=O) groups is 4. The van der Waals surface area contributed by atoms with Gasteiger partial charge in [-0.25, -0.2) is 4.79 Å². The summed E-state index contributed by atoms with van der Waals surface area (Å²) >= 11 is 7.16. The van der Waals surface area contributed by atoms with Crippen molar-refractivity contribution in [3.05, 3.63) is 64.7 Å². The van der Waals surface area contributed by atoms with E-state index in [1.54, 1.807) is 18.2 Å². The topological polar surface area (TPSA) is 80.8 Å². The van der Waals surface area contributed by atoms with Crippen LogP contribution in [0, 0.1) is 25.7 Å². The molecule has 0 aromatic heterocycles. The highest BCUT2D eigenvalue weighted by atomic mass is 79.9. The summed E-state index contributed by atoms with van der Waals surface area (Å²) in [6, 6.07) is 11.7. The first-order valence-electron chi connectivity index (χ1n) is 10.7. The van der Waals surface area contributed by atoms with E-state index in [2.05, 4.69) is 31.9 Å². The molecule has 0 bridgehead atoms. The van der Waals surface area contributed by atoms with Crippen LogP contribution in [0.4, 0.5) is 5.69 Å². The molecule has 0 N–H and O–H groups in total. The van der Waals surface area contributed by atoms with Crippen molar-refractivity contribution in [2.45, 2.75) is 36.3 Å². The molecule has 2 amide bonds. The Labute approximate surface area is 208 Å². The Hall–Kier alpha value is -2.32. The number of anilines is 1. The number of Topliss-reactive ketones (excluding diaryl/α,β-unsaturated/α-hetero) is 1. The summed E-state index contributed by atoms with van der Waals surface area (Å²) in [4.78, 5) is 52.2. The minimum absolute atomic E-state index is 0.138. The van der Waals surface area contributed by atoms with Gasteiger partial charge in [-0.1, -0.05) is 49.6 Å². The van der Waals surface area contributed by atoms with Crippen LogP contribution >= 0.6 is 31.9 Å². The molecule has 33 heavy (non-hydrogen) atoms. The number of rotatable bonds is 5. The Bertz CT molecular complexity index is 1100. The van der Waals surface area contributed by atoms with Crippen LogP contribution in [0.1, 0.15) is 44.7 Å². The van der Waals surface area contributed by atoms with Gasteiger partial charge in [-0.15, -0.1) is 0 Å². The number of ether oxygens (including phenoxy) is 1. The van der Waals surface area contributed by atoms with Crippen LogP contribution in [0.25, 0.3) is 0 Å². The zero-order valence-corrected chi connectivity index (χ0v) is 21.4. The molecule has 172 valence electrons. The van der Waals surface area contributed by atoms with E-state index in [0.29, 0.717) is 24.1 Å². The van der Waals surface area contributed by atoms with Gasteiger partial charge in [0, 0.05) is 15.2 Å². The number of alkyl halides is 2. The van der Waals surface area contributed by atoms with Gasteiger partial charge in [0.15, 0.2) is 6.61 Å². The second-order valence-electron chi connectivity index (χ2n) is 8.59. The fourth-order valence-electron chi connectivity index (χ4n) is 4.42. The van der Waals surface area contributed by atoms with Gasteiger partial charge in [0.05, 0.1) is 23.1 Å². The fraction of sp³-hybridized carbons (Fsp3) is 0.360. The van der Waals surface area contributed by atoms with Crippen molar-refractivity contribution < 1.29 is 23.9 Å². The number of ketones is 1. The molecule has 2 fully saturated rings. The Balaban J connectivity index is 1.42. The van der Waals surface area contributed by atoms with Crippen LogP contribution in [0.2, 0.25) is 0 Å². The van der Waals surface area contributed by atoms with Gasteiger partial charge < -0.3 is 4.74 Å². The van der Waals surface area contributed by atoms with Gasteiger partial charge in [-0.2, -0.15) is 0 Å². The molecule has 0 radical (unpaired) electrons. The van der Waals surface area contributed by atoms with E-state index < -0.39 is 5.97 Å². The summed E-state index contributed by atoms with van der Waals surface area (Å²) in [5.74, 6) is -2.00. The summed E-state index contributed by atoms with van der Waals surface area (Å²) in [5.41, 5.74) is 2.98. The number of imide groups is 1. The van der Waals surface area contributed by atoms with E-state index in [1.807, 2.05) is 26.0 Å². The maximum atomic E-state index is 12.9. The molecule has 0 unspecified atom stereocenters. The summed E-state index contributed by atoms with van der Waals surface area (Å²) in [6.07, 6.45) is 1.20. The van der Waals surface area contributed by atoms with Crippen LogP contribution in [0.5, 0.6) is 0 Å². The molecule has 0 spiro atoms. The number of aryl methyl sites for hydroxylation is 2. The molecular formula is C25H23Br2NO5. The van der Waals surface area contributed by atoms with Gasteiger partial charge in [-0.05, 0) is 62.6 Å². The average molecular weight is 577 g/mol. The molecule has 1 heterocycles. The largest absolute Gasteiger partial charge is 0.454 e. The lowest BCUT2D eigenvalue weighted by Gasteiger charge is -2.29.